The summed E-state index contributed by atoms with van der Waals surface area (Å²) >= 11 is 12.0. The molecule has 0 saturated heterocycles. The van der Waals surface area contributed by atoms with E-state index >= 15 is 0 Å². The molecule has 0 aromatic carbocycles. The lowest BCUT2D eigenvalue weighted by atomic mass is 9.99. The van der Waals surface area contributed by atoms with Crippen molar-refractivity contribution in [3.8, 4) is 0 Å². The average molecular weight is 393 g/mol. The van der Waals surface area contributed by atoms with Crippen molar-refractivity contribution in [2.45, 2.75) is 120 Å². The van der Waals surface area contributed by atoms with Crippen molar-refractivity contribution < 1.29 is 0 Å². The van der Waals surface area contributed by atoms with Crippen LogP contribution in [0.3, 0.4) is 0 Å². The maximum absolute atomic E-state index is 6.00. The first-order chi connectivity index (χ1) is 11.8. The lowest BCUT2D eigenvalue weighted by molar-refractivity contribution is 0.356. The molecule has 0 aromatic heterocycles. The van der Waals surface area contributed by atoms with Crippen LogP contribution >= 0.6 is 23.2 Å². The molecule has 4 N–H and O–H groups in total. The molecule has 0 aliphatic rings. The van der Waals surface area contributed by atoms with E-state index in [9.17, 15) is 0 Å². The maximum atomic E-state index is 6.00. The molecule has 0 radical (unpaired) electrons. The van der Waals surface area contributed by atoms with Crippen LogP contribution in [-0.4, -0.2) is 10.00 Å². The van der Waals surface area contributed by atoms with Crippen molar-refractivity contribution in [3.63, 3.8) is 0 Å². The van der Waals surface area contributed by atoms with Gasteiger partial charge in [-0.3, -0.25) is 0 Å². The van der Waals surface area contributed by atoms with Gasteiger partial charge in [-0.15, -0.1) is 0 Å². The highest BCUT2D eigenvalue weighted by Crippen LogP contribution is 2.31. The summed E-state index contributed by atoms with van der Waals surface area (Å²) in [5.41, 5.74) is 10.9. The lowest BCUT2D eigenvalue weighted by Crippen LogP contribution is -2.60. The summed E-state index contributed by atoms with van der Waals surface area (Å²) in [5, 5.41) is 0. The fourth-order valence-corrected chi connectivity index (χ4v) is 3.07. The Morgan fingerprint density at radius 1 is 0.680 bits per heavy atom. The predicted octanol–water partition coefficient (Wildman–Crippen LogP) is 7.22. The van der Waals surface area contributed by atoms with Crippen molar-refractivity contribution in [1.82, 2.24) is 0 Å². The van der Waals surface area contributed by atoms with E-state index in [1.807, 2.05) is 0 Å². The third kappa shape index (κ3) is 15.0. The number of unbranched alkanes of at least 4 members (excludes halogenated alkanes) is 12. The summed E-state index contributed by atoms with van der Waals surface area (Å²) in [4.78, 5) is 0. The summed E-state index contributed by atoms with van der Waals surface area (Å²) in [7, 11) is 0. The van der Waals surface area contributed by atoms with Crippen LogP contribution in [0.1, 0.15) is 110 Å². The van der Waals surface area contributed by atoms with Crippen molar-refractivity contribution in [2.75, 3.05) is 0 Å². The highest BCUT2D eigenvalue weighted by molar-refractivity contribution is 6.49. The number of hydrogen-bond acceptors (Lipinski definition) is 2. The minimum atomic E-state index is -1.07. The number of allylic oxidation sites excluding steroid dienone is 2. The molecule has 0 aliphatic carbocycles. The van der Waals surface area contributed by atoms with E-state index < -0.39 is 10.00 Å². The van der Waals surface area contributed by atoms with Gasteiger partial charge in [0.1, 0.15) is 4.33 Å². The smallest absolute Gasteiger partial charge is 0.146 e. The fraction of sp³-hybridized carbons (Fsp3) is 0.905. The average Bonchev–Trinajstić information content (AvgIpc) is 2.53. The Morgan fingerprint density at radius 2 is 1.08 bits per heavy atom. The SMILES string of the molecule is CCCCCCCC/C=C\CCCCCCCCC(N)(N)C(C)(Cl)Cl. The summed E-state index contributed by atoms with van der Waals surface area (Å²) in [6.07, 6.45) is 23.4. The molecule has 0 fully saturated rings. The standard InChI is InChI=1S/C21H42Cl2N2/c1-3-4-5-6-7-8-9-10-11-12-13-14-15-16-17-18-19-21(24,25)20(2,22)23/h10-11H,3-9,12-19,24-25H2,1-2H3/b11-10-. The van der Waals surface area contributed by atoms with Gasteiger partial charge < -0.3 is 11.5 Å². The Balaban J connectivity index is 3.33. The van der Waals surface area contributed by atoms with E-state index in [1.54, 1.807) is 6.92 Å². The molecule has 4 heteroatoms. The Labute approximate surface area is 167 Å². The van der Waals surface area contributed by atoms with Gasteiger partial charge in [-0.05, 0) is 39.0 Å². The summed E-state index contributed by atoms with van der Waals surface area (Å²) < 4.78 is -1.07. The van der Waals surface area contributed by atoms with Crippen molar-refractivity contribution in [2.24, 2.45) is 11.5 Å². The van der Waals surface area contributed by atoms with Crippen LogP contribution in [0.2, 0.25) is 0 Å². The van der Waals surface area contributed by atoms with E-state index in [2.05, 4.69) is 19.1 Å². The Morgan fingerprint density at radius 3 is 1.52 bits per heavy atom. The third-order valence-electron chi connectivity index (χ3n) is 4.92. The van der Waals surface area contributed by atoms with Gasteiger partial charge >= 0.3 is 0 Å². The molecule has 150 valence electrons. The summed E-state index contributed by atoms with van der Waals surface area (Å²) in [6, 6.07) is 0. The van der Waals surface area contributed by atoms with Crippen LogP contribution in [0.4, 0.5) is 0 Å². The lowest BCUT2D eigenvalue weighted by Gasteiger charge is -2.33. The zero-order valence-electron chi connectivity index (χ0n) is 16.7. The number of rotatable bonds is 17. The molecule has 0 amide bonds. The quantitative estimate of drug-likeness (QED) is 0.119. The normalized spacial score (nSPS) is 13.0. The molecular weight excluding hydrogens is 351 g/mol. The van der Waals surface area contributed by atoms with Gasteiger partial charge in [0, 0.05) is 0 Å². The second-order valence-corrected chi connectivity index (χ2v) is 9.32. The summed E-state index contributed by atoms with van der Waals surface area (Å²) in [6.45, 7) is 3.93. The second-order valence-electron chi connectivity index (χ2n) is 7.62. The highest BCUT2D eigenvalue weighted by atomic mass is 35.5. The van der Waals surface area contributed by atoms with Crippen LogP contribution in [-0.2, 0) is 0 Å². The Kier molecular flexibility index (Phi) is 15.5. The van der Waals surface area contributed by atoms with Crippen LogP contribution in [0.5, 0.6) is 0 Å². The zero-order chi connectivity index (χ0) is 19.0. The molecule has 0 aliphatic heterocycles. The van der Waals surface area contributed by atoms with Gasteiger partial charge in [0.15, 0.2) is 0 Å². The van der Waals surface area contributed by atoms with Crippen LogP contribution < -0.4 is 11.5 Å². The van der Waals surface area contributed by atoms with Crippen LogP contribution in [0.15, 0.2) is 12.2 Å². The zero-order valence-corrected chi connectivity index (χ0v) is 18.2. The molecule has 0 unspecified atom stereocenters. The van der Waals surface area contributed by atoms with E-state index in [-0.39, 0.29) is 0 Å². The predicted molar refractivity (Wildman–Crippen MR) is 115 cm³/mol. The van der Waals surface area contributed by atoms with Gasteiger partial charge in [-0.1, -0.05) is 106 Å². The van der Waals surface area contributed by atoms with Crippen molar-refractivity contribution in [1.29, 1.82) is 0 Å². The number of halogens is 2. The first kappa shape index (κ1) is 25.2. The molecule has 0 spiro atoms. The number of hydrogen-bond donors (Lipinski definition) is 2. The van der Waals surface area contributed by atoms with Crippen LogP contribution in [0, 0.1) is 0 Å². The molecule has 0 heterocycles. The van der Waals surface area contributed by atoms with Gasteiger partial charge in [0.25, 0.3) is 0 Å². The second kappa shape index (κ2) is 15.3. The largest absolute Gasteiger partial charge is 0.311 e. The molecule has 0 aromatic rings. The molecule has 2 nitrogen and oxygen atoms in total. The van der Waals surface area contributed by atoms with E-state index in [1.165, 1.54) is 77.0 Å². The topological polar surface area (TPSA) is 52.0 Å². The molecule has 25 heavy (non-hydrogen) atoms. The van der Waals surface area contributed by atoms with Gasteiger partial charge in [0.05, 0.1) is 5.66 Å². The molecule has 0 rings (SSSR count). The van der Waals surface area contributed by atoms with E-state index in [4.69, 9.17) is 34.7 Å². The van der Waals surface area contributed by atoms with Crippen LogP contribution in [0.25, 0.3) is 0 Å². The Hall–Kier alpha value is 0.240. The molecule has 0 saturated carbocycles. The molecular formula is C21H42Cl2N2. The third-order valence-corrected chi connectivity index (χ3v) is 5.62. The van der Waals surface area contributed by atoms with E-state index in [0.29, 0.717) is 6.42 Å². The van der Waals surface area contributed by atoms with E-state index in [0.717, 1.165) is 12.8 Å². The van der Waals surface area contributed by atoms with Gasteiger partial charge in [-0.25, -0.2) is 0 Å². The highest BCUT2D eigenvalue weighted by Gasteiger charge is 2.38. The first-order valence-corrected chi connectivity index (χ1v) is 11.2. The molecule has 0 atom stereocenters. The minimum Gasteiger partial charge on any atom is -0.311 e. The van der Waals surface area contributed by atoms with Crippen molar-refractivity contribution >= 4 is 23.2 Å². The maximum Gasteiger partial charge on any atom is 0.146 e. The first-order valence-electron chi connectivity index (χ1n) is 10.4. The molecule has 0 bridgehead atoms. The number of nitrogens with two attached hydrogens (primary N) is 2. The minimum absolute atomic E-state index is 0.664. The van der Waals surface area contributed by atoms with Gasteiger partial charge in [0.2, 0.25) is 0 Å². The Bertz CT molecular complexity index is 322. The fourth-order valence-electron chi connectivity index (χ4n) is 2.88. The van der Waals surface area contributed by atoms with Gasteiger partial charge in [-0.2, -0.15) is 0 Å². The monoisotopic (exact) mass is 392 g/mol. The van der Waals surface area contributed by atoms with Crippen molar-refractivity contribution in [3.05, 3.63) is 12.2 Å². The summed E-state index contributed by atoms with van der Waals surface area (Å²) in [5.74, 6) is 0. The number of alkyl halides is 2.